The monoisotopic (exact) mass is 391 g/mol. The summed E-state index contributed by atoms with van der Waals surface area (Å²) >= 11 is 2.00. The molecule has 2 rings (SSSR count). The Bertz CT molecular complexity index is 643. The molecule has 0 heterocycles. The van der Waals surface area contributed by atoms with E-state index in [1.54, 1.807) is 20.0 Å². The minimum Gasteiger partial charge on any atom is -0.309 e. The second-order valence-corrected chi connectivity index (χ2v) is 5.67. The van der Waals surface area contributed by atoms with Crippen molar-refractivity contribution in [3.05, 3.63) is 68.0 Å². The number of hydrogen-bond donors (Lipinski definition) is 1. The summed E-state index contributed by atoms with van der Waals surface area (Å²) < 4.78 is 41.2. The molecular formula is C15H13F3IN. The first-order chi connectivity index (χ1) is 9.43. The Morgan fingerprint density at radius 1 is 1.00 bits per heavy atom. The lowest BCUT2D eigenvalue weighted by Crippen LogP contribution is -2.20. The molecule has 2 aromatic rings. The highest BCUT2D eigenvalue weighted by molar-refractivity contribution is 14.1. The fourth-order valence-electron chi connectivity index (χ4n) is 2.11. The average Bonchev–Trinajstić information content (AvgIpc) is 2.38. The van der Waals surface area contributed by atoms with Crippen molar-refractivity contribution in [2.45, 2.75) is 13.0 Å². The molecular weight excluding hydrogens is 378 g/mol. The second-order valence-electron chi connectivity index (χ2n) is 4.51. The lowest BCUT2D eigenvalue weighted by molar-refractivity contribution is 0.546. The van der Waals surface area contributed by atoms with E-state index in [4.69, 9.17) is 0 Å². The fraction of sp³-hybridized carbons (Fsp3) is 0.200. The van der Waals surface area contributed by atoms with Crippen LogP contribution in [0.2, 0.25) is 0 Å². The molecule has 0 amide bonds. The fourth-order valence-corrected chi connectivity index (χ4v) is 2.90. The van der Waals surface area contributed by atoms with Gasteiger partial charge in [-0.3, -0.25) is 0 Å². The predicted octanol–water partition coefficient (Wildman–Crippen LogP) is 4.33. The molecule has 0 fully saturated rings. The molecule has 1 atom stereocenters. The van der Waals surface area contributed by atoms with Gasteiger partial charge in [0.25, 0.3) is 0 Å². The highest BCUT2D eigenvalue weighted by Gasteiger charge is 2.20. The Labute approximate surface area is 129 Å². The molecule has 0 aliphatic heterocycles. The van der Waals surface area contributed by atoms with Gasteiger partial charge in [0, 0.05) is 15.2 Å². The summed E-state index contributed by atoms with van der Waals surface area (Å²) in [4.78, 5) is 0. The van der Waals surface area contributed by atoms with Crippen molar-refractivity contribution in [1.82, 2.24) is 5.32 Å². The molecule has 0 aliphatic carbocycles. The molecule has 1 unspecified atom stereocenters. The first-order valence-corrected chi connectivity index (χ1v) is 7.09. The van der Waals surface area contributed by atoms with Crippen LogP contribution in [-0.2, 0) is 0 Å². The molecule has 2 aromatic carbocycles. The van der Waals surface area contributed by atoms with Gasteiger partial charge in [-0.2, -0.15) is 0 Å². The number of aryl methyl sites for hydroxylation is 1. The maximum absolute atomic E-state index is 14.0. The van der Waals surface area contributed by atoms with E-state index < -0.39 is 17.7 Å². The quantitative estimate of drug-likeness (QED) is 0.769. The van der Waals surface area contributed by atoms with Gasteiger partial charge in [-0.05, 0) is 65.9 Å². The Morgan fingerprint density at radius 3 is 2.30 bits per heavy atom. The Balaban J connectivity index is 2.55. The summed E-state index contributed by atoms with van der Waals surface area (Å²) in [5.41, 5.74) is 1.47. The predicted molar refractivity (Wildman–Crippen MR) is 81.1 cm³/mol. The molecule has 1 N–H and O–H groups in total. The van der Waals surface area contributed by atoms with Crippen LogP contribution in [0.4, 0.5) is 13.2 Å². The van der Waals surface area contributed by atoms with E-state index in [1.807, 2.05) is 22.6 Å². The molecule has 0 radical (unpaired) electrons. The van der Waals surface area contributed by atoms with E-state index >= 15 is 0 Å². The first-order valence-electron chi connectivity index (χ1n) is 6.01. The van der Waals surface area contributed by atoms with Crippen LogP contribution in [0, 0.1) is 27.9 Å². The van der Waals surface area contributed by atoms with Crippen molar-refractivity contribution in [1.29, 1.82) is 0 Å². The number of benzene rings is 2. The molecule has 0 saturated carbocycles. The summed E-state index contributed by atoms with van der Waals surface area (Å²) in [7, 11) is 1.68. The number of rotatable bonds is 3. The topological polar surface area (TPSA) is 12.0 Å². The number of halogens is 4. The van der Waals surface area contributed by atoms with E-state index in [1.165, 1.54) is 18.2 Å². The van der Waals surface area contributed by atoms with Crippen molar-refractivity contribution in [3.63, 3.8) is 0 Å². The van der Waals surface area contributed by atoms with Crippen LogP contribution in [0.25, 0.3) is 0 Å². The second kappa shape index (κ2) is 6.13. The third-order valence-corrected chi connectivity index (χ3v) is 4.09. The van der Waals surface area contributed by atoms with Crippen molar-refractivity contribution >= 4 is 22.6 Å². The van der Waals surface area contributed by atoms with E-state index in [0.29, 0.717) is 14.7 Å². The van der Waals surface area contributed by atoms with Gasteiger partial charge >= 0.3 is 0 Å². The standard InChI is InChI=1S/C15H13F3IN/c1-8-5-11(13(18)7-12(8)17)15(20-2)10-4-3-9(16)6-14(10)19/h3-7,15,20H,1-2H3. The summed E-state index contributed by atoms with van der Waals surface area (Å²) in [5.74, 6) is -1.54. The summed E-state index contributed by atoms with van der Waals surface area (Å²) in [6.45, 7) is 1.58. The summed E-state index contributed by atoms with van der Waals surface area (Å²) in [6.07, 6.45) is 0. The largest absolute Gasteiger partial charge is 0.309 e. The van der Waals surface area contributed by atoms with E-state index in [2.05, 4.69) is 5.32 Å². The third kappa shape index (κ3) is 2.98. The van der Waals surface area contributed by atoms with Gasteiger partial charge in [-0.25, -0.2) is 13.2 Å². The summed E-state index contributed by atoms with van der Waals surface area (Å²) in [5, 5.41) is 2.99. The van der Waals surface area contributed by atoms with E-state index in [0.717, 1.165) is 11.6 Å². The molecule has 20 heavy (non-hydrogen) atoms. The average molecular weight is 391 g/mol. The van der Waals surface area contributed by atoms with E-state index in [-0.39, 0.29) is 5.82 Å². The first kappa shape index (κ1) is 15.3. The molecule has 0 aliphatic rings. The Morgan fingerprint density at radius 2 is 1.70 bits per heavy atom. The molecule has 5 heteroatoms. The van der Waals surface area contributed by atoms with Gasteiger partial charge in [-0.15, -0.1) is 0 Å². The highest BCUT2D eigenvalue weighted by Crippen LogP contribution is 2.29. The van der Waals surface area contributed by atoms with Gasteiger partial charge in [0.15, 0.2) is 0 Å². The van der Waals surface area contributed by atoms with Gasteiger partial charge in [0.1, 0.15) is 17.5 Å². The molecule has 0 saturated heterocycles. The Kier molecular flexibility index (Phi) is 4.70. The minimum absolute atomic E-state index is 0.343. The van der Waals surface area contributed by atoms with Crippen LogP contribution in [0.5, 0.6) is 0 Å². The Hall–Kier alpha value is -1.08. The van der Waals surface area contributed by atoms with Crippen LogP contribution in [-0.4, -0.2) is 7.05 Å². The van der Waals surface area contributed by atoms with Crippen LogP contribution < -0.4 is 5.32 Å². The highest BCUT2D eigenvalue weighted by atomic mass is 127. The van der Waals surface area contributed by atoms with Gasteiger partial charge < -0.3 is 5.32 Å². The summed E-state index contributed by atoms with van der Waals surface area (Å²) in [6, 6.07) is 6.22. The van der Waals surface area contributed by atoms with E-state index in [9.17, 15) is 13.2 Å². The van der Waals surface area contributed by atoms with Crippen LogP contribution in [0.1, 0.15) is 22.7 Å². The number of hydrogen-bond acceptors (Lipinski definition) is 1. The molecule has 0 aromatic heterocycles. The molecule has 1 nitrogen and oxygen atoms in total. The van der Waals surface area contributed by atoms with Crippen LogP contribution in [0.15, 0.2) is 30.3 Å². The smallest absolute Gasteiger partial charge is 0.131 e. The van der Waals surface area contributed by atoms with Crippen molar-refractivity contribution in [3.8, 4) is 0 Å². The van der Waals surface area contributed by atoms with Crippen LogP contribution in [0.3, 0.4) is 0 Å². The maximum atomic E-state index is 14.0. The lowest BCUT2D eigenvalue weighted by Gasteiger charge is -2.20. The third-order valence-electron chi connectivity index (χ3n) is 3.15. The zero-order valence-corrected chi connectivity index (χ0v) is 13.1. The van der Waals surface area contributed by atoms with Gasteiger partial charge in [-0.1, -0.05) is 6.07 Å². The van der Waals surface area contributed by atoms with Crippen molar-refractivity contribution in [2.75, 3.05) is 7.05 Å². The van der Waals surface area contributed by atoms with Crippen molar-refractivity contribution < 1.29 is 13.2 Å². The zero-order valence-electron chi connectivity index (χ0n) is 11.0. The molecule has 0 bridgehead atoms. The normalized spacial score (nSPS) is 12.5. The zero-order chi connectivity index (χ0) is 14.9. The lowest BCUT2D eigenvalue weighted by atomic mass is 9.96. The molecule has 106 valence electrons. The minimum atomic E-state index is -0.618. The SMILES string of the molecule is CNC(c1cc(C)c(F)cc1F)c1ccc(F)cc1I. The maximum Gasteiger partial charge on any atom is 0.131 e. The van der Waals surface area contributed by atoms with Crippen LogP contribution >= 0.6 is 22.6 Å². The van der Waals surface area contributed by atoms with Gasteiger partial charge in [0.05, 0.1) is 6.04 Å². The van der Waals surface area contributed by atoms with Gasteiger partial charge in [0.2, 0.25) is 0 Å². The molecule has 0 spiro atoms. The number of nitrogens with one attached hydrogen (secondary N) is 1. The van der Waals surface area contributed by atoms with Crippen molar-refractivity contribution in [2.24, 2.45) is 0 Å².